The summed E-state index contributed by atoms with van der Waals surface area (Å²) < 4.78 is 73.2. The number of halogens is 1. The maximum atomic E-state index is 12.6. The Bertz CT molecular complexity index is 1770. The molecule has 0 heterocycles. The minimum atomic E-state index is -4.04. The molecule has 0 aliphatic heterocycles. The van der Waals surface area contributed by atoms with Crippen molar-refractivity contribution in [2.45, 2.75) is 64.0 Å². The van der Waals surface area contributed by atoms with Gasteiger partial charge in [0.1, 0.15) is 0 Å². The van der Waals surface area contributed by atoms with E-state index >= 15 is 0 Å². The highest BCUT2D eigenvalue weighted by Gasteiger charge is 2.24. The van der Waals surface area contributed by atoms with Gasteiger partial charge in [0, 0.05) is 10.7 Å². The van der Waals surface area contributed by atoms with Crippen LogP contribution in [0.25, 0.3) is 0 Å². The van der Waals surface area contributed by atoms with Gasteiger partial charge in [0.25, 0.3) is 9.05 Å². The molecule has 10 heteroatoms. The van der Waals surface area contributed by atoms with Crippen LogP contribution in [0, 0.1) is 0 Å². The first-order valence-electron chi connectivity index (χ1n) is 12.4. The lowest BCUT2D eigenvalue weighted by Crippen LogP contribution is -2.06. The molecule has 0 fully saturated rings. The Morgan fingerprint density at radius 2 is 0.900 bits per heavy atom. The van der Waals surface area contributed by atoms with E-state index in [9.17, 15) is 25.3 Å². The second-order valence-electron chi connectivity index (χ2n) is 9.65. The fraction of sp³-hybridized carbons (Fsp3) is 0.200. The molecule has 0 bridgehead atoms. The Morgan fingerprint density at radius 3 is 1.30 bits per heavy atom. The normalized spacial score (nSPS) is 12.2. The molecule has 212 valence electrons. The Hall–Kier alpha value is -2.98. The van der Waals surface area contributed by atoms with Crippen LogP contribution in [0.4, 0.5) is 0 Å². The molecular formula is C30H31ClO6S3. The van der Waals surface area contributed by atoms with E-state index in [4.69, 9.17) is 10.7 Å². The van der Waals surface area contributed by atoms with Gasteiger partial charge in [-0.15, -0.1) is 0 Å². The molecule has 0 aromatic heterocycles. The Labute approximate surface area is 241 Å². The highest BCUT2D eigenvalue weighted by molar-refractivity contribution is 8.13. The molecule has 0 atom stereocenters. The summed E-state index contributed by atoms with van der Waals surface area (Å²) in [6.45, 7) is 7.79. The van der Waals surface area contributed by atoms with Gasteiger partial charge in [-0.05, 0) is 71.5 Å². The van der Waals surface area contributed by atoms with Crippen molar-refractivity contribution in [3.8, 4) is 0 Å². The Morgan fingerprint density at radius 1 is 0.500 bits per heavy atom. The minimum absolute atomic E-state index is 0.0951. The standard InChI is InChI=1S/C15H15ClO4S2.C15H16O2S/c1-11(2)14-9-8-13(10-15(14)22(16,19)20)21(17,18)12-6-4-3-5-7-12;1-12(2)13-8-10-15(11-9-13)18(16,17)14-6-4-3-5-7-14/h3-11H,1-2H3;3-12H,1-2H3. The molecule has 0 saturated heterocycles. The van der Waals surface area contributed by atoms with E-state index in [0.717, 1.165) is 11.6 Å². The molecule has 40 heavy (non-hydrogen) atoms. The molecule has 0 radical (unpaired) electrons. The van der Waals surface area contributed by atoms with Crippen molar-refractivity contribution >= 4 is 39.4 Å². The van der Waals surface area contributed by atoms with E-state index < -0.39 is 28.7 Å². The molecule has 0 N–H and O–H groups in total. The lowest BCUT2D eigenvalue weighted by atomic mass is 10.0. The number of benzene rings is 4. The van der Waals surface area contributed by atoms with Crippen molar-refractivity contribution in [3.63, 3.8) is 0 Å². The van der Waals surface area contributed by atoms with E-state index in [2.05, 4.69) is 13.8 Å². The van der Waals surface area contributed by atoms with E-state index in [0.29, 0.717) is 21.3 Å². The number of rotatable bonds is 7. The zero-order valence-corrected chi connectivity index (χ0v) is 25.7. The summed E-state index contributed by atoms with van der Waals surface area (Å²) in [7, 11) is -5.75. The zero-order chi connectivity index (χ0) is 29.7. The molecule has 0 amide bonds. The van der Waals surface area contributed by atoms with Crippen LogP contribution in [-0.2, 0) is 28.7 Å². The molecule has 0 aliphatic rings. The van der Waals surface area contributed by atoms with Crippen molar-refractivity contribution in [1.29, 1.82) is 0 Å². The van der Waals surface area contributed by atoms with Gasteiger partial charge in [-0.1, -0.05) is 82.3 Å². The van der Waals surface area contributed by atoms with Gasteiger partial charge in [0.15, 0.2) is 0 Å². The third-order valence-electron chi connectivity index (χ3n) is 6.14. The van der Waals surface area contributed by atoms with E-state index in [1.54, 1.807) is 60.7 Å². The lowest BCUT2D eigenvalue weighted by molar-refractivity contribution is 0.593. The molecule has 0 saturated carbocycles. The summed E-state index contributed by atoms with van der Waals surface area (Å²) in [6.07, 6.45) is 0. The van der Waals surface area contributed by atoms with Gasteiger partial charge >= 0.3 is 0 Å². The van der Waals surface area contributed by atoms with Crippen LogP contribution in [0.2, 0.25) is 0 Å². The van der Waals surface area contributed by atoms with Crippen LogP contribution in [0.1, 0.15) is 50.7 Å². The van der Waals surface area contributed by atoms with Crippen molar-refractivity contribution in [3.05, 3.63) is 114 Å². The SMILES string of the molecule is CC(C)c1ccc(S(=O)(=O)c2ccccc2)cc1.CC(C)c1ccc(S(=O)(=O)c2ccccc2)cc1S(=O)(=O)Cl. The Balaban J connectivity index is 0.000000225. The highest BCUT2D eigenvalue weighted by Crippen LogP contribution is 2.31. The van der Waals surface area contributed by atoms with Gasteiger partial charge in [-0.2, -0.15) is 0 Å². The van der Waals surface area contributed by atoms with Crippen molar-refractivity contribution in [2.24, 2.45) is 0 Å². The topological polar surface area (TPSA) is 102 Å². The monoisotopic (exact) mass is 618 g/mol. The number of hydrogen-bond acceptors (Lipinski definition) is 6. The van der Waals surface area contributed by atoms with Crippen LogP contribution in [0.3, 0.4) is 0 Å². The smallest absolute Gasteiger partial charge is 0.219 e. The van der Waals surface area contributed by atoms with Crippen molar-refractivity contribution in [2.75, 3.05) is 0 Å². The van der Waals surface area contributed by atoms with Gasteiger partial charge in [-0.3, -0.25) is 0 Å². The van der Waals surface area contributed by atoms with Crippen LogP contribution in [-0.4, -0.2) is 25.3 Å². The number of hydrogen-bond donors (Lipinski definition) is 0. The molecule has 6 nitrogen and oxygen atoms in total. The molecule has 0 unspecified atom stereocenters. The summed E-state index contributed by atoms with van der Waals surface area (Å²) in [5.41, 5.74) is 1.63. The van der Waals surface area contributed by atoms with Gasteiger partial charge < -0.3 is 0 Å². The maximum absolute atomic E-state index is 12.6. The summed E-state index contributed by atoms with van der Waals surface area (Å²) in [5, 5.41) is 0. The third-order valence-corrected chi connectivity index (χ3v) is 11.1. The van der Waals surface area contributed by atoms with Gasteiger partial charge in [0.2, 0.25) is 19.7 Å². The second kappa shape index (κ2) is 12.7. The van der Waals surface area contributed by atoms with Crippen LogP contribution >= 0.6 is 10.7 Å². The summed E-state index contributed by atoms with van der Waals surface area (Å²) >= 11 is 0. The summed E-state index contributed by atoms with van der Waals surface area (Å²) in [6, 6.07) is 27.5. The molecular weight excluding hydrogens is 588 g/mol. The average Bonchev–Trinajstić information content (AvgIpc) is 2.93. The first-order chi connectivity index (χ1) is 18.7. The van der Waals surface area contributed by atoms with Crippen molar-refractivity contribution < 1.29 is 25.3 Å². The molecule has 0 spiro atoms. The molecule has 0 aliphatic carbocycles. The van der Waals surface area contributed by atoms with Gasteiger partial charge in [0.05, 0.1) is 24.5 Å². The van der Waals surface area contributed by atoms with Crippen LogP contribution < -0.4 is 0 Å². The lowest BCUT2D eigenvalue weighted by Gasteiger charge is -2.12. The highest BCUT2D eigenvalue weighted by atomic mass is 35.7. The fourth-order valence-corrected chi connectivity index (χ4v) is 7.79. The fourth-order valence-electron chi connectivity index (χ4n) is 3.87. The Kier molecular flexibility index (Phi) is 10.0. The van der Waals surface area contributed by atoms with Crippen molar-refractivity contribution in [1.82, 2.24) is 0 Å². The van der Waals surface area contributed by atoms with E-state index in [1.165, 1.54) is 24.3 Å². The average molecular weight is 619 g/mol. The summed E-state index contributed by atoms with van der Waals surface area (Å²) in [4.78, 5) is 0.522. The third kappa shape index (κ3) is 7.40. The second-order valence-corrected chi connectivity index (χ2v) is 16.1. The number of sulfone groups is 2. The minimum Gasteiger partial charge on any atom is -0.219 e. The first kappa shape index (κ1) is 31.5. The summed E-state index contributed by atoms with van der Waals surface area (Å²) in [5.74, 6) is 0.301. The van der Waals surface area contributed by atoms with Crippen LogP contribution in [0.15, 0.2) is 128 Å². The van der Waals surface area contributed by atoms with Gasteiger partial charge in [-0.25, -0.2) is 25.3 Å². The molecule has 4 rings (SSSR count). The van der Waals surface area contributed by atoms with Crippen LogP contribution in [0.5, 0.6) is 0 Å². The quantitative estimate of drug-likeness (QED) is 0.203. The predicted octanol–water partition coefficient (Wildman–Crippen LogP) is 7.21. The molecule has 4 aromatic carbocycles. The predicted molar refractivity (Wildman–Crippen MR) is 158 cm³/mol. The molecule has 4 aromatic rings. The maximum Gasteiger partial charge on any atom is 0.261 e. The van der Waals surface area contributed by atoms with E-state index in [-0.39, 0.29) is 20.6 Å². The largest absolute Gasteiger partial charge is 0.261 e. The van der Waals surface area contributed by atoms with E-state index in [1.807, 2.05) is 26.0 Å². The first-order valence-corrected chi connectivity index (χ1v) is 17.7. The zero-order valence-electron chi connectivity index (χ0n) is 22.5.